The van der Waals surface area contributed by atoms with Crippen LogP contribution in [0.1, 0.15) is 29.4 Å². The van der Waals surface area contributed by atoms with Gasteiger partial charge in [0.1, 0.15) is 0 Å². The molecular weight excluding hydrogens is 224 g/mol. The summed E-state index contributed by atoms with van der Waals surface area (Å²) in [6.45, 7) is 6.74. The zero-order valence-electron chi connectivity index (χ0n) is 11.1. The van der Waals surface area contributed by atoms with Crippen LogP contribution in [0, 0.1) is 13.8 Å². The first-order valence-electron chi connectivity index (χ1n) is 6.19. The smallest absolute Gasteiger partial charge is 0.243 e. The highest BCUT2D eigenvalue weighted by Crippen LogP contribution is 2.11. The zero-order chi connectivity index (χ0) is 13.0. The van der Waals surface area contributed by atoms with Gasteiger partial charge in [-0.2, -0.15) is 5.10 Å². The second kappa shape index (κ2) is 5.58. The average Bonchev–Trinajstić information content (AvgIpc) is 2.40. The van der Waals surface area contributed by atoms with Gasteiger partial charge in [0, 0.05) is 6.54 Å². The van der Waals surface area contributed by atoms with Crippen LogP contribution >= 0.6 is 0 Å². The first kappa shape index (κ1) is 12.5. The summed E-state index contributed by atoms with van der Waals surface area (Å²) in [5, 5.41) is 11.3. The quantitative estimate of drug-likeness (QED) is 0.895. The van der Waals surface area contributed by atoms with Crippen molar-refractivity contribution in [3.8, 4) is 0 Å². The highest BCUT2D eigenvalue weighted by molar-refractivity contribution is 5.32. The van der Waals surface area contributed by atoms with E-state index in [2.05, 4.69) is 51.7 Å². The molecule has 0 radical (unpaired) electrons. The van der Waals surface area contributed by atoms with Gasteiger partial charge in [-0.15, -0.1) is 5.10 Å². The Morgan fingerprint density at radius 3 is 2.39 bits per heavy atom. The van der Waals surface area contributed by atoms with Crippen LogP contribution in [-0.4, -0.2) is 15.2 Å². The third-order valence-corrected chi connectivity index (χ3v) is 3.03. The van der Waals surface area contributed by atoms with Crippen molar-refractivity contribution in [2.45, 2.75) is 33.7 Å². The van der Waals surface area contributed by atoms with E-state index in [1.54, 1.807) is 0 Å². The monoisotopic (exact) mass is 242 g/mol. The molecule has 18 heavy (non-hydrogen) atoms. The number of rotatable bonds is 4. The van der Waals surface area contributed by atoms with Crippen LogP contribution in [-0.2, 0) is 13.0 Å². The van der Waals surface area contributed by atoms with E-state index in [-0.39, 0.29) is 0 Å². The topological polar surface area (TPSA) is 50.7 Å². The Hall–Kier alpha value is -1.97. The Labute approximate surface area is 107 Å². The van der Waals surface area contributed by atoms with Crippen molar-refractivity contribution in [1.29, 1.82) is 0 Å². The van der Waals surface area contributed by atoms with Crippen molar-refractivity contribution in [2.24, 2.45) is 0 Å². The van der Waals surface area contributed by atoms with Crippen LogP contribution in [0.5, 0.6) is 0 Å². The molecule has 0 unspecified atom stereocenters. The Kier molecular flexibility index (Phi) is 3.87. The van der Waals surface area contributed by atoms with Gasteiger partial charge >= 0.3 is 0 Å². The van der Waals surface area contributed by atoms with Gasteiger partial charge in [-0.1, -0.05) is 31.2 Å². The second-order valence-corrected chi connectivity index (χ2v) is 4.28. The number of anilines is 1. The first-order valence-corrected chi connectivity index (χ1v) is 6.19. The van der Waals surface area contributed by atoms with Crippen molar-refractivity contribution in [3.05, 3.63) is 46.8 Å². The predicted molar refractivity (Wildman–Crippen MR) is 72.4 cm³/mol. The van der Waals surface area contributed by atoms with Crippen molar-refractivity contribution >= 4 is 5.95 Å². The normalized spacial score (nSPS) is 10.4. The van der Waals surface area contributed by atoms with E-state index in [1.807, 2.05) is 13.8 Å². The molecule has 2 aromatic rings. The lowest BCUT2D eigenvalue weighted by molar-refractivity contribution is 0.882. The minimum Gasteiger partial charge on any atom is -0.349 e. The highest BCUT2D eigenvalue weighted by atomic mass is 15.2. The fraction of sp³-hybridized carbons (Fsp3) is 0.357. The molecule has 0 fully saturated rings. The number of nitrogens with zero attached hydrogens (tertiary/aromatic N) is 3. The van der Waals surface area contributed by atoms with E-state index in [9.17, 15) is 0 Å². The Morgan fingerprint density at radius 1 is 1.00 bits per heavy atom. The molecule has 0 atom stereocenters. The average molecular weight is 242 g/mol. The second-order valence-electron chi connectivity index (χ2n) is 4.28. The number of hydrogen-bond acceptors (Lipinski definition) is 4. The SMILES string of the molecule is CCc1ccccc1CNc1nnc(C)c(C)n1. The largest absolute Gasteiger partial charge is 0.349 e. The Balaban J connectivity index is 2.09. The van der Waals surface area contributed by atoms with Crippen LogP contribution in [0.15, 0.2) is 24.3 Å². The number of benzene rings is 1. The van der Waals surface area contributed by atoms with Gasteiger partial charge in [0.25, 0.3) is 0 Å². The maximum atomic E-state index is 4.36. The molecule has 1 aromatic carbocycles. The van der Waals surface area contributed by atoms with Gasteiger partial charge in [0.2, 0.25) is 5.95 Å². The predicted octanol–water partition coefficient (Wildman–Crippen LogP) is 2.66. The Bertz CT molecular complexity index is 537. The maximum absolute atomic E-state index is 4.36. The van der Waals surface area contributed by atoms with Crippen LogP contribution in [0.4, 0.5) is 5.95 Å². The summed E-state index contributed by atoms with van der Waals surface area (Å²) < 4.78 is 0. The number of aromatic nitrogens is 3. The van der Waals surface area contributed by atoms with E-state index in [4.69, 9.17) is 0 Å². The fourth-order valence-electron chi connectivity index (χ4n) is 1.78. The highest BCUT2D eigenvalue weighted by Gasteiger charge is 2.03. The van der Waals surface area contributed by atoms with Crippen LogP contribution in [0.2, 0.25) is 0 Å². The van der Waals surface area contributed by atoms with E-state index in [1.165, 1.54) is 11.1 Å². The van der Waals surface area contributed by atoms with Gasteiger partial charge in [0.05, 0.1) is 11.4 Å². The minimum absolute atomic E-state index is 0.587. The van der Waals surface area contributed by atoms with E-state index >= 15 is 0 Å². The molecule has 94 valence electrons. The van der Waals surface area contributed by atoms with Gasteiger partial charge < -0.3 is 5.32 Å². The first-order chi connectivity index (χ1) is 8.70. The molecule has 0 bridgehead atoms. The van der Waals surface area contributed by atoms with Gasteiger partial charge in [-0.3, -0.25) is 0 Å². The summed E-state index contributed by atoms with van der Waals surface area (Å²) in [5.41, 5.74) is 4.41. The fourth-order valence-corrected chi connectivity index (χ4v) is 1.78. The van der Waals surface area contributed by atoms with Crippen LogP contribution in [0.25, 0.3) is 0 Å². The number of hydrogen-bond donors (Lipinski definition) is 1. The standard InChI is InChI=1S/C14H18N4/c1-4-12-7-5-6-8-13(12)9-15-14-16-10(2)11(3)17-18-14/h5-8H,4,9H2,1-3H3,(H,15,16,18). The van der Waals surface area contributed by atoms with Crippen molar-refractivity contribution in [1.82, 2.24) is 15.2 Å². The lowest BCUT2D eigenvalue weighted by Crippen LogP contribution is -2.08. The van der Waals surface area contributed by atoms with Crippen LogP contribution in [0.3, 0.4) is 0 Å². The number of aryl methyl sites for hydroxylation is 3. The summed E-state index contributed by atoms with van der Waals surface area (Å²) >= 11 is 0. The number of nitrogens with one attached hydrogen (secondary N) is 1. The van der Waals surface area contributed by atoms with Crippen molar-refractivity contribution in [3.63, 3.8) is 0 Å². The van der Waals surface area contributed by atoms with E-state index in [0.29, 0.717) is 5.95 Å². The summed E-state index contributed by atoms with van der Waals surface area (Å²) in [6, 6.07) is 8.39. The molecule has 0 saturated heterocycles. The summed E-state index contributed by atoms with van der Waals surface area (Å²) in [6.07, 6.45) is 1.03. The molecule has 1 aromatic heterocycles. The minimum atomic E-state index is 0.587. The molecule has 0 aliphatic carbocycles. The molecule has 0 saturated carbocycles. The van der Waals surface area contributed by atoms with Crippen molar-refractivity contribution < 1.29 is 0 Å². The molecule has 0 aliphatic rings. The third-order valence-electron chi connectivity index (χ3n) is 3.03. The van der Waals surface area contributed by atoms with Crippen LogP contribution < -0.4 is 5.32 Å². The molecule has 0 spiro atoms. The van der Waals surface area contributed by atoms with Gasteiger partial charge in [-0.25, -0.2) is 4.98 Å². The van der Waals surface area contributed by atoms with Gasteiger partial charge in [-0.05, 0) is 31.4 Å². The molecule has 0 aliphatic heterocycles. The Morgan fingerprint density at radius 2 is 1.72 bits per heavy atom. The van der Waals surface area contributed by atoms with E-state index in [0.717, 1.165) is 24.4 Å². The molecule has 2 rings (SSSR count). The molecule has 1 N–H and O–H groups in total. The third kappa shape index (κ3) is 2.83. The molecule has 1 heterocycles. The van der Waals surface area contributed by atoms with E-state index < -0.39 is 0 Å². The lowest BCUT2D eigenvalue weighted by Gasteiger charge is -2.09. The maximum Gasteiger partial charge on any atom is 0.243 e. The molecule has 4 heteroatoms. The molecule has 4 nitrogen and oxygen atoms in total. The summed E-state index contributed by atoms with van der Waals surface area (Å²) in [5.74, 6) is 0.587. The lowest BCUT2D eigenvalue weighted by atomic mass is 10.1. The summed E-state index contributed by atoms with van der Waals surface area (Å²) in [7, 11) is 0. The van der Waals surface area contributed by atoms with Gasteiger partial charge in [0.15, 0.2) is 0 Å². The molecule has 0 amide bonds. The summed E-state index contributed by atoms with van der Waals surface area (Å²) in [4.78, 5) is 4.36. The molecular formula is C14H18N4. The van der Waals surface area contributed by atoms with Crippen molar-refractivity contribution in [2.75, 3.05) is 5.32 Å². The zero-order valence-corrected chi connectivity index (χ0v) is 11.1.